The number of hydrogen-bond acceptors (Lipinski definition) is 2. The highest BCUT2D eigenvalue weighted by molar-refractivity contribution is 5.40. The first-order chi connectivity index (χ1) is 7.27. The molecule has 1 rings (SSSR count). The van der Waals surface area contributed by atoms with E-state index in [0.29, 0.717) is 5.56 Å². The Morgan fingerprint density at radius 2 is 2.20 bits per heavy atom. The van der Waals surface area contributed by atoms with Gasteiger partial charge in [-0.15, -0.1) is 0 Å². The Balaban J connectivity index is 2.84. The summed E-state index contributed by atoms with van der Waals surface area (Å²) >= 11 is 0. The van der Waals surface area contributed by atoms with E-state index >= 15 is 0 Å². The molecule has 80 valence electrons. The molecule has 0 bridgehead atoms. The molecule has 2 nitrogen and oxygen atoms in total. The summed E-state index contributed by atoms with van der Waals surface area (Å²) < 4.78 is 29.8. The van der Waals surface area contributed by atoms with Crippen molar-refractivity contribution >= 4 is 0 Å². The Labute approximate surface area is 87.0 Å². The number of rotatable bonds is 3. The van der Waals surface area contributed by atoms with Gasteiger partial charge < -0.3 is 10.5 Å². The first kappa shape index (κ1) is 11.5. The first-order valence-corrected chi connectivity index (χ1v) is 4.45. The van der Waals surface area contributed by atoms with Gasteiger partial charge in [-0.3, -0.25) is 0 Å². The standard InChI is InChI=1S/C11H11F2NO/c12-5-7-15-11-8-9(2-1-6-14)3-4-10(11)13/h3-4,8H,5-7,14H2. The number of benzene rings is 1. The van der Waals surface area contributed by atoms with E-state index in [9.17, 15) is 8.78 Å². The average Bonchev–Trinajstić information content (AvgIpc) is 2.26. The van der Waals surface area contributed by atoms with Gasteiger partial charge in [-0.2, -0.15) is 0 Å². The Bertz CT molecular complexity index is 382. The molecule has 1 aromatic rings. The zero-order valence-corrected chi connectivity index (χ0v) is 8.09. The second kappa shape index (κ2) is 5.99. The maximum atomic E-state index is 13.1. The van der Waals surface area contributed by atoms with Gasteiger partial charge in [0, 0.05) is 5.56 Å². The van der Waals surface area contributed by atoms with Crippen molar-refractivity contribution in [3.63, 3.8) is 0 Å². The molecule has 4 heteroatoms. The topological polar surface area (TPSA) is 35.2 Å². The smallest absolute Gasteiger partial charge is 0.165 e. The number of nitrogens with two attached hydrogens (primary N) is 1. The van der Waals surface area contributed by atoms with Gasteiger partial charge in [0.05, 0.1) is 6.54 Å². The maximum absolute atomic E-state index is 13.1. The summed E-state index contributed by atoms with van der Waals surface area (Å²) in [5, 5.41) is 0. The molecule has 0 fully saturated rings. The summed E-state index contributed by atoms with van der Waals surface area (Å²) in [7, 11) is 0. The van der Waals surface area contributed by atoms with Crippen LogP contribution < -0.4 is 10.5 Å². The predicted octanol–water partition coefficient (Wildman–Crippen LogP) is 1.48. The number of alkyl halides is 1. The molecule has 2 N–H and O–H groups in total. The van der Waals surface area contributed by atoms with Gasteiger partial charge in [-0.1, -0.05) is 11.8 Å². The molecule has 0 saturated heterocycles. The molecule has 0 saturated carbocycles. The van der Waals surface area contributed by atoms with Crippen LogP contribution in [0.2, 0.25) is 0 Å². The highest BCUT2D eigenvalue weighted by Crippen LogP contribution is 2.18. The number of ether oxygens (including phenoxy) is 1. The Morgan fingerprint density at radius 1 is 1.40 bits per heavy atom. The second-order valence-corrected chi connectivity index (χ2v) is 2.69. The van der Waals surface area contributed by atoms with Crippen molar-refractivity contribution in [2.45, 2.75) is 0 Å². The van der Waals surface area contributed by atoms with E-state index in [-0.39, 0.29) is 18.9 Å². The Morgan fingerprint density at radius 3 is 2.87 bits per heavy atom. The molecule has 0 aliphatic carbocycles. The van der Waals surface area contributed by atoms with Crippen LogP contribution in [-0.2, 0) is 0 Å². The van der Waals surface area contributed by atoms with Crippen LogP contribution in [-0.4, -0.2) is 19.8 Å². The lowest BCUT2D eigenvalue weighted by Gasteiger charge is -2.04. The van der Waals surface area contributed by atoms with Gasteiger partial charge in [0.25, 0.3) is 0 Å². The summed E-state index contributed by atoms with van der Waals surface area (Å²) in [5.41, 5.74) is 5.79. The molecule has 0 spiro atoms. The highest BCUT2D eigenvalue weighted by Gasteiger charge is 2.03. The molecule has 0 unspecified atom stereocenters. The van der Waals surface area contributed by atoms with Crippen molar-refractivity contribution in [1.29, 1.82) is 0 Å². The molecule has 15 heavy (non-hydrogen) atoms. The van der Waals surface area contributed by atoms with Crippen LogP contribution >= 0.6 is 0 Å². The third-order valence-electron chi connectivity index (χ3n) is 1.60. The zero-order valence-electron chi connectivity index (χ0n) is 8.09. The molecule has 0 atom stereocenters. The normalized spacial score (nSPS) is 9.27. The van der Waals surface area contributed by atoms with Crippen LogP contribution in [0.5, 0.6) is 5.75 Å². The van der Waals surface area contributed by atoms with Gasteiger partial charge in [0.2, 0.25) is 0 Å². The second-order valence-electron chi connectivity index (χ2n) is 2.69. The SMILES string of the molecule is NCC#Cc1ccc(F)c(OCCF)c1. The van der Waals surface area contributed by atoms with E-state index in [1.165, 1.54) is 18.2 Å². The van der Waals surface area contributed by atoms with Crippen molar-refractivity contribution in [2.24, 2.45) is 5.73 Å². The van der Waals surface area contributed by atoms with Gasteiger partial charge in [0.1, 0.15) is 13.3 Å². The van der Waals surface area contributed by atoms with Gasteiger partial charge >= 0.3 is 0 Å². The summed E-state index contributed by atoms with van der Waals surface area (Å²) in [6.07, 6.45) is 0. The minimum atomic E-state index is -0.655. The monoisotopic (exact) mass is 211 g/mol. The van der Waals surface area contributed by atoms with E-state index in [2.05, 4.69) is 11.8 Å². The average molecular weight is 211 g/mol. The lowest BCUT2D eigenvalue weighted by molar-refractivity contribution is 0.262. The van der Waals surface area contributed by atoms with Crippen LogP contribution in [0.1, 0.15) is 5.56 Å². The van der Waals surface area contributed by atoms with Crippen LogP contribution in [0.25, 0.3) is 0 Å². The van der Waals surface area contributed by atoms with Gasteiger partial charge in [0.15, 0.2) is 11.6 Å². The molecule has 0 heterocycles. The van der Waals surface area contributed by atoms with Crippen molar-refractivity contribution in [1.82, 2.24) is 0 Å². The van der Waals surface area contributed by atoms with Crippen molar-refractivity contribution in [3.8, 4) is 17.6 Å². The van der Waals surface area contributed by atoms with Gasteiger partial charge in [-0.25, -0.2) is 8.78 Å². The fraction of sp³-hybridized carbons (Fsp3) is 0.273. The third kappa shape index (κ3) is 3.56. The number of hydrogen-bond donors (Lipinski definition) is 1. The molecule has 0 radical (unpaired) electrons. The van der Waals surface area contributed by atoms with E-state index in [1.54, 1.807) is 0 Å². The quantitative estimate of drug-likeness (QED) is 0.769. The molecular weight excluding hydrogens is 200 g/mol. The molecule has 0 aliphatic heterocycles. The largest absolute Gasteiger partial charge is 0.488 e. The fourth-order valence-corrected chi connectivity index (χ4v) is 0.993. The zero-order chi connectivity index (χ0) is 11.1. The van der Waals surface area contributed by atoms with Crippen LogP contribution in [0.3, 0.4) is 0 Å². The third-order valence-corrected chi connectivity index (χ3v) is 1.60. The summed E-state index contributed by atoms with van der Waals surface area (Å²) in [5.74, 6) is 4.85. The molecule has 0 amide bonds. The Hall–Kier alpha value is -1.60. The minimum absolute atomic E-state index is 0.0106. The predicted molar refractivity (Wildman–Crippen MR) is 53.8 cm³/mol. The number of halogens is 2. The lowest BCUT2D eigenvalue weighted by atomic mass is 10.2. The summed E-state index contributed by atoms with van der Waals surface area (Å²) in [4.78, 5) is 0. The maximum Gasteiger partial charge on any atom is 0.165 e. The lowest BCUT2D eigenvalue weighted by Crippen LogP contribution is -2.00. The van der Waals surface area contributed by atoms with Crippen molar-refractivity contribution in [2.75, 3.05) is 19.8 Å². The molecule has 0 aliphatic rings. The first-order valence-electron chi connectivity index (χ1n) is 4.45. The summed E-state index contributed by atoms with van der Waals surface area (Å²) in [6, 6.07) is 4.17. The highest BCUT2D eigenvalue weighted by atomic mass is 19.1. The van der Waals surface area contributed by atoms with Crippen molar-refractivity contribution in [3.05, 3.63) is 29.6 Å². The molecule has 0 aromatic heterocycles. The van der Waals surface area contributed by atoms with E-state index in [1.807, 2.05) is 0 Å². The van der Waals surface area contributed by atoms with E-state index in [0.717, 1.165) is 0 Å². The van der Waals surface area contributed by atoms with Gasteiger partial charge in [-0.05, 0) is 18.2 Å². The van der Waals surface area contributed by atoms with Crippen LogP contribution in [0.4, 0.5) is 8.78 Å². The summed E-state index contributed by atoms with van der Waals surface area (Å²) in [6.45, 7) is -0.582. The van der Waals surface area contributed by atoms with E-state index < -0.39 is 12.5 Å². The molecule has 1 aromatic carbocycles. The van der Waals surface area contributed by atoms with Crippen LogP contribution in [0, 0.1) is 17.7 Å². The molecular formula is C11H11F2NO. The van der Waals surface area contributed by atoms with Crippen LogP contribution in [0.15, 0.2) is 18.2 Å². The van der Waals surface area contributed by atoms with E-state index in [4.69, 9.17) is 10.5 Å². The van der Waals surface area contributed by atoms with Crippen molar-refractivity contribution < 1.29 is 13.5 Å². The fourth-order valence-electron chi connectivity index (χ4n) is 0.993. The Kier molecular flexibility index (Phi) is 4.58. The minimum Gasteiger partial charge on any atom is -0.488 e.